The summed E-state index contributed by atoms with van der Waals surface area (Å²) in [6.45, 7) is 5.19. The molecule has 0 aliphatic rings. The van der Waals surface area contributed by atoms with Crippen LogP contribution in [-0.2, 0) is 24.8 Å². The molecule has 5 nitrogen and oxygen atoms in total. The molecule has 1 N–H and O–H groups in total. The van der Waals surface area contributed by atoms with Gasteiger partial charge in [0.05, 0.1) is 12.7 Å². The number of nitrogens with zero attached hydrogens (tertiary/aromatic N) is 3. The molecule has 0 fully saturated rings. The maximum Gasteiger partial charge on any atom is 0.238 e. The fraction of sp³-hybridized carbons (Fsp3) is 0.412. The summed E-state index contributed by atoms with van der Waals surface area (Å²) in [5.41, 5.74) is 4.33. The number of amides is 1. The van der Waals surface area contributed by atoms with Gasteiger partial charge in [0.1, 0.15) is 0 Å². The van der Waals surface area contributed by atoms with Crippen LogP contribution < -0.4 is 5.32 Å². The molecule has 5 heteroatoms. The van der Waals surface area contributed by atoms with Crippen molar-refractivity contribution in [3.05, 3.63) is 47.3 Å². The summed E-state index contributed by atoms with van der Waals surface area (Å²) in [7, 11) is 3.87. The lowest BCUT2D eigenvalue weighted by Gasteiger charge is -2.17. The van der Waals surface area contributed by atoms with E-state index < -0.39 is 0 Å². The zero-order chi connectivity index (χ0) is 16.1. The largest absolute Gasteiger partial charge is 0.325 e. The SMILES string of the molecule is CCc1ccccc1NC(=O)CN(C)Cc1cnn(C)c1C. The van der Waals surface area contributed by atoms with Gasteiger partial charge in [-0.15, -0.1) is 0 Å². The van der Waals surface area contributed by atoms with Crippen LogP contribution in [0.25, 0.3) is 0 Å². The van der Waals surface area contributed by atoms with Crippen molar-refractivity contribution in [2.24, 2.45) is 7.05 Å². The Morgan fingerprint density at radius 2 is 2.05 bits per heavy atom. The molecule has 2 rings (SSSR count). The lowest BCUT2D eigenvalue weighted by atomic mass is 10.1. The Morgan fingerprint density at radius 1 is 1.32 bits per heavy atom. The van der Waals surface area contributed by atoms with Gasteiger partial charge >= 0.3 is 0 Å². The molecule has 0 spiro atoms. The summed E-state index contributed by atoms with van der Waals surface area (Å²) >= 11 is 0. The standard InChI is InChI=1S/C17H24N4O/c1-5-14-8-6-7-9-16(14)19-17(22)12-20(3)11-15-10-18-21(4)13(15)2/h6-10H,5,11-12H2,1-4H3,(H,19,22). The first-order chi connectivity index (χ1) is 10.5. The van der Waals surface area contributed by atoms with Crippen LogP contribution in [0.5, 0.6) is 0 Å². The Kier molecular flexibility index (Phi) is 5.33. The quantitative estimate of drug-likeness (QED) is 0.891. The van der Waals surface area contributed by atoms with E-state index >= 15 is 0 Å². The van der Waals surface area contributed by atoms with Crippen molar-refractivity contribution < 1.29 is 4.79 Å². The molecule has 1 amide bonds. The summed E-state index contributed by atoms with van der Waals surface area (Å²) in [6, 6.07) is 7.92. The number of aryl methyl sites for hydroxylation is 2. The molecular weight excluding hydrogens is 276 g/mol. The second-order valence-corrected chi connectivity index (χ2v) is 5.61. The van der Waals surface area contributed by atoms with Gasteiger partial charge in [0.25, 0.3) is 0 Å². The molecule has 0 saturated carbocycles. The smallest absolute Gasteiger partial charge is 0.238 e. The average molecular weight is 300 g/mol. The number of hydrogen-bond acceptors (Lipinski definition) is 3. The maximum atomic E-state index is 12.2. The third-order valence-corrected chi connectivity index (χ3v) is 3.86. The van der Waals surface area contributed by atoms with Gasteiger partial charge in [0.2, 0.25) is 5.91 Å². The Morgan fingerprint density at radius 3 is 2.68 bits per heavy atom. The third kappa shape index (κ3) is 3.95. The van der Waals surface area contributed by atoms with Crippen molar-refractivity contribution >= 4 is 11.6 Å². The summed E-state index contributed by atoms with van der Waals surface area (Å²) < 4.78 is 1.85. The Bertz CT molecular complexity index is 648. The predicted molar refractivity (Wildman–Crippen MR) is 88.7 cm³/mol. The first-order valence-corrected chi connectivity index (χ1v) is 7.55. The van der Waals surface area contributed by atoms with Crippen molar-refractivity contribution in [3.8, 4) is 0 Å². The molecule has 118 valence electrons. The molecule has 1 aromatic heterocycles. The highest BCUT2D eigenvalue weighted by Gasteiger charge is 2.11. The van der Waals surface area contributed by atoms with E-state index in [0.29, 0.717) is 13.1 Å². The van der Waals surface area contributed by atoms with E-state index in [2.05, 4.69) is 17.3 Å². The van der Waals surface area contributed by atoms with E-state index in [-0.39, 0.29) is 5.91 Å². The molecule has 1 heterocycles. The van der Waals surface area contributed by atoms with Crippen LogP contribution in [0, 0.1) is 6.92 Å². The van der Waals surface area contributed by atoms with Crippen molar-refractivity contribution in [1.29, 1.82) is 0 Å². The van der Waals surface area contributed by atoms with Gasteiger partial charge in [-0.3, -0.25) is 14.4 Å². The summed E-state index contributed by atoms with van der Waals surface area (Å²) in [5.74, 6) is 0.00458. The van der Waals surface area contributed by atoms with E-state index in [1.54, 1.807) is 0 Å². The minimum absolute atomic E-state index is 0.00458. The lowest BCUT2D eigenvalue weighted by molar-refractivity contribution is -0.117. The molecule has 0 unspecified atom stereocenters. The van der Waals surface area contributed by atoms with Crippen molar-refractivity contribution in [3.63, 3.8) is 0 Å². The number of rotatable bonds is 6. The molecule has 0 aliphatic carbocycles. The van der Waals surface area contributed by atoms with Gasteiger partial charge in [0.15, 0.2) is 0 Å². The summed E-state index contributed by atoms with van der Waals surface area (Å²) in [5, 5.41) is 7.22. The van der Waals surface area contributed by atoms with Crippen LogP contribution in [0.1, 0.15) is 23.7 Å². The second-order valence-electron chi connectivity index (χ2n) is 5.61. The Hall–Kier alpha value is -2.14. The zero-order valence-corrected chi connectivity index (χ0v) is 13.8. The van der Waals surface area contributed by atoms with Crippen LogP contribution in [0.3, 0.4) is 0 Å². The number of hydrogen-bond donors (Lipinski definition) is 1. The van der Waals surface area contributed by atoms with Gasteiger partial charge in [-0.05, 0) is 32.0 Å². The Balaban J connectivity index is 1.92. The highest BCUT2D eigenvalue weighted by Crippen LogP contribution is 2.15. The highest BCUT2D eigenvalue weighted by atomic mass is 16.2. The predicted octanol–water partition coefficient (Wildman–Crippen LogP) is 2.36. The van der Waals surface area contributed by atoms with Crippen molar-refractivity contribution in [1.82, 2.24) is 14.7 Å². The zero-order valence-electron chi connectivity index (χ0n) is 13.8. The van der Waals surface area contributed by atoms with Crippen LogP contribution in [0.4, 0.5) is 5.69 Å². The maximum absolute atomic E-state index is 12.2. The van der Waals surface area contributed by atoms with E-state index in [4.69, 9.17) is 0 Å². The van der Waals surface area contributed by atoms with Gasteiger partial charge in [-0.1, -0.05) is 25.1 Å². The average Bonchev–Trinajstić information content (AvgIpc) is 2.79. The Labute approximate surface area is 131 Å². The van der Waals surface area contributed by atoms with Crippen molar-refractivity contribution in [2.75, 3.05) is 18.9 Å². The first-order valence-electron chi connectivity index (χ1n) is 7.55. The molecule has 0 bridgehead atoms. The van der Waals surface area contributed by atoms with Gasteiger partial charge in [0, 0.05) is 30.5 Å². The molecule has 0 aliphatic heterocycles. The summed E-state index contributed by atoms with van der Waals surface area (Å²) in [6.07, 6.45) is 2.76. The number of carbonyl (C=O) groups is 1. The molecule has 0 saturated heterocycles. The fourth-order valence-corrected chi connectivity index (χ4v) is 2.43. The number of aromatic nitrogens is 2. The van der Waals surface area contributed by atoms with Gasteiger partial charge < -0.3 is 5.32 Å². The van der Waals surface area contributed by atoms with Crippen LogP contribution in [0.2, 0.25) is 0 Å². The number of nitrogens with one attached hydrogen (secondary N) is 1. The second kappa shape index (κ2) is 7.22. The normalized spacial score (nSPS) is 11.0. The van der Waals surface area contributed by atoms with Crippen molar-refractivity contribution in [2.45, 2.75) is 26.8 Å². The van der Waals surface area contributed by atoms with Crippen LogP contribution in [-0.4, -0.2) is 34.2 Å². The summed E-state index contributed by atoms with van der Waals surface area (Å²) in [4.78, 5) is 14.2. The van der Waals surface area contributed by atoms with Gasteiger partial charge in [-0.2, -0.15) is 5.10 Å². The number of benzene rings is 1. The minimum Gasteiger partial charge on any atom is -0.325 e. The number of para-hydroxylation sites is 1. The molecular formula is C17H24N4O. The lowest BCUT2D eigenvalue weighted by Crippen LogP contribution is -2.30. The topological polar surface area (TPSA) is 50.2 Å². The molecule has 2 aromatic rings. The molecule has 1 aromatic carbocycles. The van der Waals surface area contributed by atoms with E-state index in [1.165, 1.54) is 0 Å². The highest BCUT2D eigenvalue weighted by molar-refractivity contribution is 5.92. The number of anilines is 1. The van der Waals surface area contributed by atoms with E-state index in [1.807, 2.05) is 61.1 Å². The first kappa shape index (κ1) is 16.2. The number of likely N-dealkylation sites (N-methyl/N-ethyl adjacent to an activating group) is 1. The van der Waals surface area contributed by atoms with E-state index in [0.717, 1.165) is 28.9 Å². The third-order valence-electron chi connectivity index (χ3n) is 3.86. The van der Waals surface area contributed by atoms with Gasteiger partial charge in [-0.25, -0.2) is 0 Å². The van der Waals surface area contributed by atoms with Crippen LogP contribution >= 0.6 is 0 Å². The van der Waals surface area contributed by atoms with Crippen LogP contribution in [0.15, 0.2) is 30.5 Å². The molecule has 0 radical (unpaired) electrons. The monoisotopic (exact) mass is 300 g/mol. The molecule has 0 atom stereocenters. The minimum atomic E-state index is 0.00458. The van der Waals surface area contributed by atoms with E-state index in [9.17, 15) is 4.79 Å². The fourth-order valence-electron chi connectivity index (χ4n) is 2.43. The number of carbonyl (C=O) groups excluding carboxylic acids is 1. The molecule has 22 heavy (non-hydrogen) atoms.